The van der Waals surface area contributed by atoms with E-state index in [4.69, 9.17) is 9.47 Å². The minimum absolute atomic E-state index is 0.149. The number of methoxy groups -OCH3 is 1. The van der Waals surface area contributed by atoms with Gasteiger partial charge in [-0.25, -0.2) is 4.79 Å². The summed E-state index contributed by atoms with van der Waals surface area (Å²) in [5, 5.41) is 13.1. The van der Waals surface area contributed by atoms with Gasteiger partial charge in [0.1, 0.15) is 11.4 Å². The topological polar surface area (TPSA) is 67.8 Å². The Kier molecular flexibility index (Phi) is 5.67. The molecule has 0 fully saturated rings. The quantitative estimate of drug-likeness (QED) is 0.865. The first kappa shape index (κ1) is 19.6. The standard InChI is InChI=1S/C20H31NO4/c1-7-20(8-2)15-12-14(22)10-9-13(15)11-16(24-6)17(20)21-18(23)25-19(3,4)5/h9-10,12,16-17,22H,7-8,11H2,1-6H3,(H,21,23)/t16-,17+/m0/s1. The number of phenolic OH excluding ortho intramolecular Hbond substituents is 1. The fourth-order valence-electron chi connectivity index (χ4n) is 4.02. The summed E-state index contributed by atoms with van der Waals surface area (Å²) >= 11 is 0. The first-order valence-electron chi connectivity index (χ1n) is 9.01. The fraction of sp³-hybridized carbons (Fsp3) is 0.650. The van der Waals surface area contributed by atoms with Gasteiger partial charge in [0.15, 0.2) is 0 Å². The van der Waals surface area contributed by atoms with Crippen molar-refractivity contribution in [2.75, 3.05) is 7.11 Å². The molecule has 1 aliphatic rings. The predicted molar refractivity (Wildman–Crippen MR) is 98.0 cm³/mol. The number of carbonyl (C=O) groups excluding carboxylic acids is 1. The Hall–Kier alpha value is -1.75. The van der Waals surface area contributed by atoms with E-state index in [-0.39, 0.29) is 23.3 Å². The molecule has 0 unspecified atom stereocenters. The molecular formula is C20H31NO4. The van der Waals surface area contributed by atoms with E-state index in [1.807, 2.05) is 32.9 Å². The second-order valence-corrected chi connectivity index (χ2v) is 7.81. The molecule has 2 N–H and O–H groups in total. The van der Waals surface area contributed by atoms with Crippen molar-refractivity contribution in [3.63, 3.8) is 0 Å². The Labute approximate surface area is 150 Å². The molecule has 2 rings (SSSR count). The van der Waals surface area contributed by atoms with Crippen LogP contribution in [-0.4, -0.2) is 36.1 Å². The van der Waals surface area contributed by atoms with Crippen LogP contribution in [0.4, 0.5) is 4.79 Å². The second-order valence-electron chi connectivity index (χ2n) is 7.81. The monoisotopic (exact) mass is 349 g/mol. The molecule has 0 aromatic heterocycles. The van der Waals surface area contributed by atoms with Crippen LogP contribution in [0, 0.1) is 0 Å². The van der Waals surface area contributed by atoms with Crippen molar-refractivity contribution < 1.29 is 19.4 Å². The van der Waals surface area contributed by atoms with Crippen molar-refractivity contribution in [3.8, 4) is 5.75 Å². The molecule has 5 nitrogen and oxygen atoms in total. The number of hydrogen-bond donors (Lipinski definition) is 2. The Morgan fingerprint density at radius 2 is 1.96 bits per heavy atom. The lowest BCUT2D eigenvalue weighted by atomic mass is 9.62. The molecular weight excluding hydrogens is 318 g/mol. The van der Waals surface area contributed by atoms with Crippen LogP contribution in [0.3, 0.4) is 0 Å². The number of benzene rings is 1. The zero-order chi connectivity index (χ0) is 18.8. The summed E-state index contributed by atoms with van der Waals surface area (Å²) in [6, 6.07) is 5.28. The van der Waals surface area contributed by atoms with Gasteiger partial charge in [-0.1, -0.05) is 19.9 Å². The number of carbonyl (C=O) groups is 1. The zero-order valence-electron chi connectivity index (χ0n) is 16.2. The summed E-state index contributed by atoms with van der Waals surface area (Å²) in [6.45, 7) is 9.77. The molecule has 0 saturated heterocycles. The van der Waals surface area contributed by atoms with E-state index in [1.165, 1.54) is 0 Å². The van der Waals surface area contributed by atoms with Gasteiger partial charge in [-0.05, 0) is 56.9 Å². The minimum atomic E-state index is -0.557. The van der Waals surface area contributed by atoms with Crippen molar-refractivity contribution in [2.45, 2.75) is 77.0 Å². The molecule has 2 atom stereocenters. The largest absolute Gasteiger partial charge is 0.508 e. The highest BCUT2D eigenvalue weighted by atomic mass is 16.6. The average Bonchev–Trinajstić information content (AvgIpc) is 2.53. The first-order valence-corrected chi connectivity index (χ1v) is 9.01. The van der Waals surface area contributed by atoms with Crippen molar-refractivity contribution in [2.24, 2.45) is 0 Å². The molecule has 0 spiro atoms. The molecule has 5 heteroatoms. The maximum Gasteiger partial charge on any atom is 0.407 e. The number of nitrogens with one attached hydrogen (secondary N) is 1. The van der Waals surface area contributed by atoms with Crippen LogP contribution in [0.15, 0.2) is 18.2 Å². The van der Waals surface area contributed by atoms with E-state index in [0.29, 0.717) is 6.42 Å². The van der Waals surface area contributed by atoms with Crippen LogP contribution < -0.4 is 5.32 Å². The van der Waals surface area contributed by atoms with Gasteiger partial charge in [0.2, 0.25) is 0 Å². The van der Waals surface area contributed by atoms with Crippen molar-refractivity contribution >= 4 is 6.09 Å². The highest BCUT2D eigenvalue weighted by molar-refractivity contribution is 5.69. The lowest BCUT2D eigenvalue weighted by Crippen LogP contribution is -2.60. The summed E-state index contributed by atoms with van der Waals surface area (Å²) in [4.78, 5) is 12.4. The summed E-state index contributed by atoms with van der Waals surface area (Å²) in [7, 11) is 1.68. The lowest BCUT2D eigenvalue weighted by molar-refractivity contribution is 0.00826. The molecule has 0 radical (unpaired) electrons. The Morgan fingerprint density at radius 3 is 2.48 bits per heavy atom. The van der Waals surface area contributed by atoms with E-state index in [2.05, 4.69) is 19.2 Å². The number of phenols is 1. The highest BCUT2D eigenvalue weighted by Crippen LogP contribution is 2.44. The number of rotatable bonds is 4. The molecule has 1 aromatic carbocycles. The normalized spacial score (nSPS) is 22.2. The van der Waals surface area contributed by atoms with Gasteiger partial charge >= 0.3 is 6.09 Å². The summed E-state index contributed by atoms with van der Waals surface area (Å²) in [5.41, 5.74) is 1.38. The molecule has 0 aliphatic heterocycles. The molecule has 140 valence electrons. The fourth-order valence-corrected chi connectivity index (χ4v) is 4.02. The van der Waals surface area contributed by atoms with E-state index in [0.717, 1.165) is 24.0 Å². The maximum absolute atomic E-state index is 12.4. The SMILES string of the molecule is CCC1(CC)c2cc(O)ccc2C[C@H](OC)[C@H]1NC(=O)OC(C)(C)C. The van der Waals surface area contributed by atoms with Crippen LogP contribution in [-0.2, 0) is 21.3 Å². The van der Waals surface area contributed by atoms with E-state index in [1.54, 1.807) is 13.2 Å². The molecule has 25 heavy (non-hydrogen) atoms. The third-order valence-electron chi connectivity index (χ3n) is 5.25. The van der Waals surface area contributed by atoms with Crippen LogP contribution >= 0.6 is 0 Å². The van der Waals surface area contributed by atoms with Gasteiger partial charge in [0, 0.05) is 18.9 Å². The van der Waals surface area contributed by atoms with Gasteiger partial charge < -0.3 is 19.9 Å². The maximum atomic E-state index is 12.4. The van der Waals surface area contributed by atoms with Crippen LogP contribution in [0.1, 0.15) is 58.6 Å². The number of ether oxygens (including phenoxy) is 2. The second kappa shape index (κ2) is 7.24. The van der Waals surface area contributed by atoms with Crippen LogP contribution in [0.25, 0.3) is 0 Å². The Bertz CT molecular complexity index is 617. The molecule has 1 aliphatic carbocycles. The van der Waals surface area contributed by atoms with Gasteiger partial charge in [-0.15, -0.1) is 0 Å². The Morgan fingerprint density at radius 1 is 1.32 bits per heavy atom. The average molecular weight is 349 g/mol. The van der Waals surface area contributed by atoms with Crippen LogP contribution in [0.2, 0.25) is 0 Å². The van der Waals surface area contributed by atoms with Crippen LogP contribution in [0.5, 0.6) is 5.75 Å². The predicted octanol–water partition coefficient (Wildman–Crippen LogP) is 3.91. The Balaban J connectivity index is 2.46. The number of alkyl carbamates (subject to hydrolysis) is 1. The van der Waals surface area contributed by atoms with Gasteiger partial charge in [-0.3, -0.25) is 0 Å². The molecule has 1 amide bonds. The summed E-state index contributed by atoms with van der Waals surface area (Å²) in [5.74, 6) is 0.247. The number of hydrogen-bond acceptors (Lipinski definition) is 4. The molecule has 0 saturated carbocycles. The minimum Gasteiger partial charge on any atom is -0.508 e. The zero-order valence-corrected chi connectivity index (χ0v) is 16.2. The number of amides is 1. The van der Waals surface area contributed by atoms with E-state index >= 15 is 0 Å². The summed E-state index contributed by atoms with van der Waals surface area (Å²) in [6.07, 6.45) is 1.74. The third kappa shape index (κ3) is 3.92. The van der Waals surface area contributed by atoms with Gasteiger partial charge in [0.05, 0.1) is 12.1 Å². The van der Waals surface area contributed by atoms with Gasteiger partial charge in [0.25, 0.3) is 0 Å². The third-order valence-corrected chi connectivity index (χ3v) is 5.25. The molecule has 1 aromatic rings. The summed E-state index contributed by atoms with van der Waals surface area (Å²) < 4.78 is 11.2. The lowest BCUT2D eigenvalue weighted by Gasteiger charge is -2.48. The smallest absolute Gasteiger partial charge is 0.407 e. The molecule has 0 heterocycles. The number of aromatic hydroxyl groups is 1. The number of fused-ring (bicyclic) bond motifs is 1. The van der Waals surface area contributed by atoms with Gasteiger partial charge in [-0.2, -0.15) is 0 Å². The first-order chi connectivity index (χ1) is 11.7. The van der Waals surface area contributed by atoms with E-state index < -0.39 is 11.7 Å². The van der Waals surface area contributed by atoms with E-state index in [9.17, 15) is 9.90 Å². The van der Waals surface area contributed by atoms with Crippen molar-refractivity contribution in [1.82, 2.24) is 5.32 Å². The van der Waals surface area contributed by atoms with Crippen molar-refractivity contribution in [1.29, 1.82) is 0 Å². The van der Waals surface area contributed by atoms with Crippen molar-refractivity contribution in [3.05, 3.63) is 29.3 Å². The molecule has 0 bridgehead atoms. The highest BCUT2D eigenvalue weighted by Gasteiger charge is 2.48.